The van der Waals surface area contributed by atoms with Crippen molar-refractivity contribution in [2.75, 3.05) is 0 Å². The summed E-state index contributed by atoms with van der Waals surface area (Å²) < 4.78 is 11.9. The largest absolute Gasteiger partial charge is 0.451 e. The number of hydrogen-bond acceptors (Lipinski definition) is 2. The van der Waals surface area contributed by atoms with Crippen LogP contribution in [0, 0.1) is 18.3 Å². The molecule has 0 heterocycles. The van der Waals surface area contributed by atoms with Crippen LogP contribution in [0.4, 0.5) is 0 Å². The Kier molecular flexibility index (Phi) is 3.71. The fraction of sp³-hybridized carbons (Fsp3) is 0.176. The number of hydrogen-bond donors (Lipinski definition) is 0. The molecular formula is C17H12Cl2O2. The van der Waals surface area contributed by atoms with E-state index in [0.29, 0.717) is 28.0 Å². The molecule has 3 rings (SSSR count). The molecule has 1 aliphatic carbocycles. The number of halogens is 2. The summed E-state index contributed by atoms with van der Waals surface area (Å²) in [6.45, 7) is 0. The van der Waals surface area contributed by atoms with Crippen LogP contribution < -0.4 is 9.47 Å². The van der Waals surface area contributed by atoms with E-state index in [-0.39, 0.29) is 5.92 Å². The molecule has 1 aliphatic rings. The molecule has 0 radical (unpaired) electrons. The average Bonchev–Trinajstić information content (AvgIpc) is 3.17. The van der Waals surface area contributed by atoms with E-state index < -0.39 is 5.79 Å². The maximum Gasteiger partial charge on any atom is 0.266 e. The summed E-state index contributed by atoms with van der Waals surface area (Å²) in [5.41, 5.74) is 0. The molecule has 106 valence electrons. The van der Waals surface area contributed by atoms with E-state index in [9.17, 15) is 0 Å². The van der Waals surface area contributed by atoms with Crippen molar-refractivity contribution < 1.29 is 9.47 Å². The number of rotatable bonds is 4. The zero-order valence-electron chi connectivity index (χ0n) is 11.1. The van der Waals surface area contributed by atoms with Gasteiger partial charge in [-0.2, -0.15) is 0 Å². The highest BCUT2D eigenvalue weighted by atomic mass is 35.5. The van der Waals surface area contributed by atoms with Gasteiger partial charge in [-0.05, 0) is 48.5 Å². The Balaban J connectivity index is 1.79. The molecule has 0 amide bonds. The minimum atomic E-state index is -0.809. The van der Waals surface area contributed by atoms with Gasteiger partial charge in [-0.1, -0.05) is 29.1 Å². The topological polar surface area (TPSA) is 18.5 Å². The second-order valence-electron chi connectivity index (χ2n) is 4.85. The quantitative estimate of drug-likeness (QED) is 0.595. The summed E-state index contributed by atoms with van der Waals surface area (Å²) in [7, 11) is 0. The van der Waals surface area contributed by atoms with Gasteiger partial charge in [0, 0.05) is 16.5 Å². The predicted octanol–water partition coefficient (Wildman–Crippen LogP) is 4.80. The van der Waals surface area contributed by atoms with Gasteiger partial charge in [0.05, 0.1) is 0 Å². The molecule has 0 aliphatic heterocycles. The summed E-state index contributed by atoms with van der Waals surface area (Å²) >= 11 is 11.7. The minimum Gasteiger partial charge on any atom is -0.451 e. The maximum atomic E-state index is 5.95. The molecule has 2 aromatic carbocycles. The summed E-state index contributed by atoms with van der Waals surface area (Å²) in [5, 5.41) is 1.30. The number of terminal acetylenes is 1. The van der Waals surface area contributed by atoms with Crippen molar-refractivity contribution in [1.82, 2.24) is 0 Å². The molecule has 0 spiro atoms. The molecule has 1 unspecified atom stereocenters. The van der Waals surface area contributed by atoms with Gasteiger partial charge in [0.1, 0.15) is 17.4 Å². The van der Waals surface area contributed by atoms with E-state index in [1.54, 1.807) is 48.5 Å². The maximum absolute atomic E-state index is 5.95. The second kappa shape index (κ2) is 5.52. The fourth-order valence-electron chi connectivity index (χ4n) is 2.06. The van der Waals surface area contributed by atoms with Gasteiger partial charge in [-0.15, -0.1) is 6.42 Å². The van der Waals surface area contributed by atoms with E-state index >= 15 is 0 Å². The van der Waals surface area contributed by atoms with Crippen LogP contribution in [-0.2, 0) is 0 Å². The van der Waals surface area contributed by atoms with E-state index in [4.69, 9.17) is 39.1 Å². The van der Waals surface area contributed by atoms with Crippen molar-refractivity contribution in [1.29, 1.82) is 0 Å². The summed E-state index contributed by atoms with van der Waals surface area (Å²) in [5.74, 6) is 3.15. The Morgan fingerprint density at radius 1 is 0.905 bits per heavy atom. The average molecular weight is 319 g/mol. The first-order valence-corrected chi connectivity index (χ1v) is 7.22. The highest BCUT2D eigenvalue weighted by molar-refractivity contribution is 6.30. The summed E-state index contributed by atoms with van der Waals surface area (Å²) in [4.78, 5) is 0. The summed E-state index contributed by atoms with van der Waals surface area (Å²) in [6, 6.07) is 14.2. The third-order valence-electron chi connectivity index (χ3n) is 3.27. The van der Waals surface area contributed by atoms with Crippen molar-refractivity contribution in [3.8, 4) is 23.8 Å². The van der Waals surface area contributed by atoms with Crippen LogP contribution in [0.25, 0.3) is 0 Å². The lowest BCUT2D eigenvalue weighted by molar-refractivity contribution is -0.0295. The van der Waals surface area contributed by atoms with Crippen LogP contribution in [0.2, 0.25) is 10.0 Å². The van der Waals surface area contributed by atoms with Gasteiger partial charge < -0.3 is 9.47 Å². The minimum absolute atomic E-state index is 0.0798. The Labute approximate surface area is 133 Å². The fourth-order valence-corrected chi connectivity index (χ4v) is 2.31. The van der Waals surface area contributed by atoms with Gasteiger partial charge in [0.15, 0.2) is 0 Å². The lowest BCUT2D eigenvalue weighted by Crippen LogP contribution is -2.28. The van der Waals surface area contributed by atoms with Crippen molar-refractivity contribution in [2.24, 2.45) is 5.92 Å². The zero-order chi connectivity index (χ0) is 14.9. The van der Waals surface area contributed by atoms with Crippen molar-refractivity contribution in [3.63, 3.8) is 0 Å². The monoisotopic (exact) mass is 318 g/mol. The van der Waals surface area contributed by atoms with E-state index in [2.05, 4.69) is 5.92 Å². The van der Waals surface area contributed by atoms with Gasteiger partial charge in [-0.25, -0.2) is 0 Å². The molecule has 1 atom stereocenters. The molecule has 0 bridgehead atoms. The number of ether oxygens (including phenoxy) is 2. The lowest BCUT2D eigenvalue weighted by atomic mass is 10.3. The smallest absolute Gasteiger partial charge is 0.266 e. The van der Waals surface area contributed by atoms with Crippen molar-refractivity contribution in [2.45, 2.75) is 12.2 Å². The molecular weight excluding hydrogens is 307 g/mol. The molecule has 21 heavy (non-hydrogen) atoms. The van der Waals surface area contributed by atoms with E-state index in [1.807, 2.05) is 0 Å². The predicted molar refractivity (Wildman–Crippen MR) is 83.8 cm³/mol. The molecule has 0 N–H and O–H groups in total. The third kappa shape index (κ3) is 3.10. The molecule has 1 fully saturated rings. The Bertz CT molecular complexity index is 624. The van der Waals surface area contributed by atoms with Crippen LogP contribution >= 0.6 is 23.2 Å². The zero-order valence-corrected chi connectivity index (χ0v) is 12.6. The van der Waals surface area contributed by atoms with Crippen molar-refractivity contribution in [3.05, 3.63) is 58.6 Å². The van der Waals surface area contributed by atoms with Crippen molar-refractivity contribution >= 4 is 23.2 Å². The normalized spacial score (nSPS) is 18.6. The Hall–Kier alpha value is -1.82. The van der Waals surface area contributed by atoms with Crippen LogP contribution in [0.5, 0.6) is 11.5 Å². The third-order valence-corrected chi connectivity index (χ3v) is 3.77. The molecule has 4 heteroatoms. The second-order valence-corrected chi connectivity index (χ2v) is 5.72. The molecule has 1 saturated carbocycles. The number of benzene rings is 2. The molecule has 2 aromatic rings. The van der Waals surface area contributed by atoms with Crippen LogP contribution in [0.15, 0.2) is 48.5 Å². The van der Waals surface area contributed by atoms with Gasteiger partial charge in [0.2, 0.25) is 0 Å². The standard InChI is InChI=1S/C17H12Cl2O2/c1-2-12-11-17(12,20-15-7-3-13(18)4-8-15)21-16-9-5-14(19)6-10-16/h1,3-10,12H,11H2. The van der Waals surface area contributed by atoms with Crippen LogP contribution in [0.3, 0.4) is 0 Å². The van der Waals surface area contributed by atoms with Gasteiger partial charge in [0.25, 0.3) is 5.79 Å². The molecule has 0 aromatic heterocycles. The Morgan fingerprint density at radius 2 is 1.33 bits per heavy atom. The SMILES string of the molecule is C#CC1CC1(Oc1ccc(Cl)cc1)Oc1ccc(Cl)cc1. The Morgan fingerprint density at radius 3 is 1.67 bits per heavy atom. The lowest BCUT2D eigenvalue weighted by Gasteiger charge is -2.20. The van der Waals surface area contributed by atoms with Gasteiger partial charge >= 0.3 is 0 Å². The van der Waals surface area contributed by atoms with Crippen LogP contribution in [-0.4, -0.2) is 5.79 Å². The molecule has 2 nitrogen and oxygen atoms in total. The first-order chi connectivity index (χ1) is 10.1. The van der Waals surface area contributed by atoms with E-state index in [0.717, 1.165) is 0 Å². The summed E-state index contributed by atoms with van der Waals surface area (Å²) in [6.07, 6.45) is 6.16. The highest BCUT2D eigenvalue weighted by Gasteiger charge is 2.60. The first-order valence-electron chi connectivity index (χ1n) is 6.47. The van der Waals surface area contributed by atoms with E-state index in [1.165, 1.54) is 0 Å². The molecule has 0 saturated heterocycles. The van der Waals surface area contributed by atoms with Gasteiger partial charge in [-0.3, -0.25) is 0 Å². The first kappa shape index (κ1) is 14.1. The highest BCUT2D eigenvalue weighted by Crippen LogP contribution is 2.48. The van der Waals surface area contributed by atoms with Crippen LogP contribution in [0.1, 0.15) is 6.42 Å².